The van der Waals surface area contributed by atoms with Crippen LogP contribution in [0.1, 0.15) is 41.2 Å². The van der Waals surface area contributed by atoms with Crippen LogP contribution >= 0.6 is 34.7 Å². The summed E-state index contributed by atoms with van der Waals surface area (Å²) in [5.74, 6) is 2.29. The van der Waals surface area contributed by atoms with Gasteiger partial charge in [0.15, 0.2) is 6.61 Å². The van der Waals surface area contributed by atoms with Gasteiger partial charge in [0.05, 0.1) is 5.03 Å². The number of aryl methyl sites for hydroxylation is 1. The van der Waals surface area contributed by atoms with Crippen molar-refractivity contribution in [2.45, 2.75) is 42.4 Å². The highest BCUT2D eigenvalue weighted by atomic mass is 35.5. The van der Waals surface area contributed by atoms with E-state index >= 15 is 0 Å². The van der Waals surface area contributed by atoms with Gasteiger partial charge in [-0.25, -0.2) is 0 Å². The van der Waals surface area contributed by atoms with Crippen molar-refractivity contribution in [3.05, 3.63) is 73.2 Å². The van der Waals surface area contributed by atoms with Crippen LogP contribution in [-0.2, 0) is 4.79 Å². The molecule has 1 aliphatic heterocycles. The van der Waals surface area contributed by atoms with Gasteiger partial charge in [0, 0.05) is 32.3 Å². The van der Waals surface area contributed by atoms with Crippen molar-refractivity contribution in [3.63, 3.8) is 0 Å². The van der Waals surface area contributed by atoms with Crippen LogP contribution in [0.25, 0.3) is 0 Å². The highest BCUT2D eigenvalue weighted by molar-refractivity contribution is 8.00. The average Bonchev–Trinajstić information content (AvgIpc) is 3.51. The molecule has 0 spiro atoms. The molecule has 1 amide bonds. The zero-order valence-corrected chi connectivity index (χ0v) is 21.1. The molecule has 3 aliphatic rings. The van der Waals surface area contributed by atoms with Gasteiger partial charge < -0.3 is 15.0 Å². The predicted octanol–water partition coefficient (Wildman–Crippen LogP) is 6.07. The van der Waals surface area contributed by atoms with Crippen molar-refractivity contribution >= 4 is 46.3 Å². The number of aromatic nitrogens is 1. The molecule has 0 saturated heterocycles. The molecular formula is C26H25ClN2O3S2. The Morgan fingerprint density at radius 3 is 2.91 bits per heavy atom. The molecule has 2 bridgehead atoms. The number of carbonyl (C=O) groups excluding carboxylic acids is 1. The number of fused-ring (bicyclic) bond motifs is 6. The molecule has 2 saturated carbocycles. The van der Waals surface area contributed by atoms with Gasteiger partial charge in [0.2, 0.25) is 0 Å². The molecule has 5 nitrogen and oxygen atoms in total. The number of halogens is 1. The van der Waals surface area contributed by atoms with Crippen molar-refractivity contribution in [3.8, 4) is 5.75 Å². The summed E-state index contributed by atoms with van der Waals surface area (Å²) in [4.78, 5) is 29.1. The van der Waals surface area contributed by atoms with E-state index < -0.39 is 0 Å². The van der Waals surface area contributed by atoms with Crippen molar-refractivity contribution in [1.82, 2.24) is 4.98 Å². The van der Waals surface area contributed by atoms with Crippen LogP contribution in [0.2, 0.25) is 5.02 Å². The van der Waals surface area contributed by atoms with Crippen LogP contribution < -0.4 is 14.9 Å². The van der Waals surface area contributed by atoms with E-state index in [1.165, 1.54) is 30.6 Å². The first-order valence-electron chi connectivity index (χ1n) is 11.6. The van der Waals surface area contributed by atoms with Gasteiger partial charge in [-0.15, -0.1) is 11.8 Å². The summed E-state index contributed by atoms with van der Waals surface area (Å²) in [5, 5.41) is 5.03. The first-order chi connectivity index (χ1) is 16.5. The lowest BCUT2D eigenvalue weighted by atomic mass is 9.74. The summed E-state index contributed by atoms with van der Waals surface area (Å²) < 4.78 is 6.10. The molecule has 5 atom stereocenters. The van der Waals surface area contributed by atoms with Gasteiger partial charge >= 0.3 is 4.87 Å². The zero-order chi connectivity index (χ0) is 23.4. The lowest BCUT2D eigenvalue weighted by Crippen LogP contribution is -2.34. The van der Waals surface area contributed by atoms with Gasteiger partial charge in [0.1, 0.15) is 5.75 Å². The maximum Gasteiger partial charge on any atom is 0.305 e. The van der Waals surface area contributed by atoms with Gasteiger partial charge in [-0.1, -0.05) is 35.1 Å². The van der Waals surface area contributed by atoms with E-state index in [1.54, 1.807) is 6.07 Å². The van der Waals surface area contributed by atoms with E-state index in [2.05, 4.69) is 10.3 Å². The summed E-state index contributed by atoms with van der Waals surface area (Å²) in [7, 11) is 0. The fourth-order valence-corrected chi connectivity index (χ4v) is 9.22. The Labute approximate surface area is 211 Å². The number of thiazole rings is 1. The van der Waals surface area contributed by atoms with E-state index in [0.717, 1.165) is 26.7 Å². The van der Waals surface area contributed by atoms with E-state index in [9.17, 15) is 9.59 Å². The number of anilines is 1. The molecule has 0 radical (unpaired) electrons. The molecule has 4 unspecified atom stereocenters. The number of ether oxygens (including phenoxy) is 1. The Hall–Kier alpha value is -2.22. The molecular weight excluding hydrogens is 488 g/mol. The maximum atomic E-state index is 12.6. The Bertz CT molecular complexity index is 1320. The van der Waals surface area contributed by atoms with Crippen LogP contribution in [0, 0.1) is 24.7 Å². The third-order valence-electron chi connectivity index (χ3n) is 7.43. The summed E-state index contributed by atoms with van der Waals surface area (Å²) in [6, 6.07) is 13.3. The van der Waals surface area contributed by atoms with Gasteiger partial charge in [-0.3, -0.25) is 9.59 Å². The summed E-state index contributed by atoms with van der Waals surface area (Å²) in [6.07, 6.45) is 3.77. The third-order valence-corrected chi connectivity index (χ3v) is 10.3. The topological polar surface area (TPSA) is 71.2 Å². The van der Waals surface area contributed by atoms with E-state index in [-0.39, 0.29) is 23.3 Å². The highest BCUT2D eigenvalue weighted by Crippen LogP contribution is 2.64. The molecule has 34 heavy (non-hydrogen) atoms. The Morgan fingerprint density at radius 1 is 1.21 bits per heavy atom. The molecule has 2 fully saturated rings. The SMILES string of the molecule is Cc1cccc(NC(=O)COc2ccc(Cl)cc2[C@H]2c3sc(=O)[nH]c3SC3C4CCC(C4)C32)c1. The van der Waals surface area contributed by atoms with E-state index in [0.29, 0.717) is 33.8 Å². The van der Waals surface area contributed by atoms with E-state index in [1.807, 2.05) is 55.1 Å². The normalized spacial score (nSPS) is 26.7. The van der Waals surface area contributed by atoms with E-state index in [4.69, 9.17) is 16.3 Å². The monoisotopic (exact) mass is 512 g/mol. The molecule has 1 aromatic heterocycles. The van der Waals surface area contributed by atoms with Crippen molar-refractivity contribution in [1.29, 1.82) is 0 Å². The van der Waals surface area contributed by atoms with Crippen LogP contribution in [-0.4, -0.2) is 22.7 Å². The molecule has 2 heterocycles. The minimum atomic E-state index is -0.213. The molecule has 2 aliphatic carbocycles. The fourth-order valence-electron chi connectivity index (χ4n) is 6.15. The number of nitrogens with one attached hydrogen (secondary N) is 2. The number of thioether (sulfide) groups is 1. The molecule has 176 valence electrons. The zero-order valence-electron chi connectivity index (χ0n) is 18.7. The Kier molecular flexibility index (Phi) is 5.74. The highest BCUT2D eigenvalue weighted by Gasteiger charge is 2.55. The lowest BCUT2D eigenvalue weighted by molar-refractivity contribution is -0.118. The average molecular weight is 513 g/mol. The van der Waals surface area contributed by atoms with Crippen molar-refractivity contribution in [2.24, 2.45) is 17.8 Å². The number of hydrogen-bond donors (Lipinski definition) is 2. The number of aromatic amines is 1. The number of H-pyrrole nitrogens is 1. The number of benzene rings is 2. The van der Waals surface area contributed by atoms with Crippen LogP contribution in [0.4, 0.5) is 5.69 Å². The third kappa shape index (κ3) is 3.97. The second-order valence-corrected chi connectivity index (χ2v) is 12.2. The Morgan fingerprint density at radius 2 is 2.06 bits per heavy atom. The van der Waals surface area contributed by atoms with Crippen molar-refractivity contribution in [2.75, 3.05) is 11.9 Å². The quantitative estimate of drug-likeness (QED) is 0.435. The molecule has 2 N–H and O–H groups in total. The second-order valence-electron chi connectivity index (χ2n) is 9.57. The van der Waals surface area contributed by atoms with Crippen LogP contribution in [0.15, 0.2) is 52.3 Å². The summed E-state index contributed by atoms with van der Waals surface area (Å²) >= 11 is 9.63. The van der Waals surface area contributed by atoms with Crippen LogP contribution in [0.3, 0.4) is 0 Å². The second kappa shape index (κ2) is 8.77. The first-order valence-corrected chi connectivity index (χ1v) is 13.7. The number of amides is 1. The maximum absolute atomic E-state index is 12.6. The molecule has 6 rings (SSSR count). The standard InChI is InChI=1S/C26H25ClN2O3S2/c1-13-3-2-4-17(9-13)28-20(30)12-32-19-8-7-16(27)11-18(19)22-21-14-5-6-15(10-14)23(21)33-25-24(22)34-26(31)29-25/h2-4,7-9,11,14-15,21-23H,5-6,10,12H2,1H3,(H,28,30)(H,29,31)/t14?,15?,21?,22-,23?/m1/s1. The fraction of sp³-hybridized carbons (Fsp3) is 0.385. The summed E-state index contributed by atoms with van der Waals surface area (Å²) in [6.45, 7) is 1.89. The largest absolute Gasteiger partial charge is 0.483 e. The number of rotatable bonds is 5. The molecule has 2 aromatic carbocycles. The molecule has 8 heteroatoms. The minimum absolute atomic E-state index is 0.0168. The Balaban J connectivity index is 1.31. The summed E-state index contributed by atoms with van der Waals surface area (Å²) in [5.41, 5.74) is 2.81. The first kappa shape index (κ1) is 22.3. The van der Waals surface area contributed by atoms with Gasteiger partial charge in [-0.2, -0.15) is 0 Å². The minimum Gasteiger partial charge on any atom is -0.483 e. The van der Waals surface area contributed by atoms with Gasteiger partial charge in [0.25, 0.3) is 5.91 Å². The van der Waals surface area contributed by atoms with Crippen LogP contribution in [0.5, 0.6) is 5.75 Å². The van der Waals surface area contributed by atoms with Crippen molar-refractivity contribution < 1.29 is 9.53 Å². The lowest BCUT2D eigenvalue weighted by Gasteiger charge is -2.40. The van der Waals surface area contributed by atoms with Gasteiger partial charge in [-0.05, 0) is 79.8 Å². The molecule has 3 aromatic rings. The predicted molar refractivity (Wildman–Crippen MR) is 138 cm³/mol. The smallest absolute Gasteiger partial charge is 0.305 e. The number of hydrogen-bond acceptors (Lipinski definition) is 5. The number of carbonyl (C=O) groups is 1.